The molecule has 5 rings (SSSR count). The molecular formula is C27H20ClF5N2O4. The third-order valence-corrected chi connectivity index (χ3v) is 6.73. The minimum absolute atomic E-state index is 0.00859. The molecule has 0 radical (unpaired) electrons. The number of fused-ring (bicyclic) bond motifs is 1. The molecule has 2 N–H and O–H groups in total. The summed E-state index contributed by atoms with van der Waals surface area (Å²) < 4.78 is 79.2. The number of halogens is 6. The Morgan fingerprint density at radius 2 is 1.87 bits per heavy atom. The van der Waals surface area contributed by atoms with Crippen molar-refractivity contribution in [1.82, 2.24) is 5.32 Å². The highest BCUT2D eigenvalue weighted by atomic mass is 35.5. The Bertz CT molecular complexity index is 1460. The molecule has 1 fully saturated rings. The first-order chi connectivity index (χ1) is 18.5. The summed E-state index contributed by atoms with van der Waals surface area (Å²) in [6, 6.07) is 6.87. The molecule has 2 aliphatic rings. The van der Waals surface area contributed by atoms with Crippen LogP contribution in [0.4, 0.5) is 27.6 Å². The molecule has 0 aromatic heterocycles. The van der Waals surface area contributed by atoms with Crippen LogP contribution in [0.3, 0.4) is 0 Å². The molecule has 2 unspecified atom stereocenters. The first kappa shape index (κ1) is 26.9. The summed E-state index contributed by atoms with van der Waals surface area (Å²) in [4.78, 5) is 26.1. The Balaban J connectivity index is 1.58. The zero-order valence-electron chi connectivity index (χ0n) is 20.0. The summed E-state index contributed by atoms with van der Waals surface area (Å²) in [6.07, 6.45) is -3.79. The number of carbonyl (C=O) groups excluding carboxylic acids is 2. The minimum atomic E-state index is -4.89. The van der Waals surface area contributed by atoms with E-state index < -0.39 is 46.8 Å². The third kappa shape index (κ3) is 5.69. The molecule has 1 saturated heterocycles. The molecule has 6 nitrogen and oxygen atoms in total. The molecular weight excluding hydrogens is 547 g/mol. The van der Waals surface area contributed by atoms with Gasteiger partial charge in [-0.25, -0.2) is 8.78 Å². The number of anilines is 1. The number of hydrogen-bond acceptors (Lipinski definition) is 4. The maximum atomic E-state index is 14.1. The molecule has 0 spiro atoms. The van der Waals surface area contributed by atoms with E-state index in [0.717, 1.165) is 18.6 Å². The first-order valence-corrected chi connectivity index (χ1v) is 12.2. The lowest BCUT2D eigenvalue weighted by atomic mass is 9.95. The average Bonchev–Trinajstić information content (AvgIpc) is 3.21. The summed E-state index contributed by atoms with van der Waals surface area (Å²) in [7, 11) is 0. The van der Waals surface area contributed by atoms with Crippen molar-refractivity contribution < 1.29 is 41.0 Å². The smallest absolute Gasteiger partial charge is 0.416 e. The van der Waals surface area contributed by atoms with Crippen molar-refractivity contribution in [1.29, 1.82) is 0 Å². The second-order valence-electron chi connectivity index (χ2n) is 9.14. The van der Waals surface area contributed by atoms with Gasteiger partial charge < -0.3 is 20.1 Å². The highest BCUT2D eigenvalue weighted by molar-refractivity contribution is 6.31. The maximum Gasteiger partial charge on any atom is 0.416 e. The minimum Gasteiger partial charge on any atom is -0.488 e. The predicted octanol–water partition coefficient (Wildman–Crippen LogP) is 6.28. The van der Waals surface area contributed by atoms with Crippen molar-refractivity contribution in [2.24, 2.45) is 0 Å². The van der Waals surface area contributed by atoms with Crippen molar-refractivity contribution in [3.05, 3.63) is 93.0 Å². The maximum absolute atomic E-state index is 14.1. The van der Waals surface area contributed by atoms with Crippen LogP contribution in [0.2, 0.25) is 5.02 Å². The fourth-order valence-electron chi connectivity index (χ4n) is 4.62. The Morgan fingerprint density at radius 1 is 1.08 bits per heavy atom. The third-order valence-electron chi connectivity index (χ3n) is 6.39. The molecule has 39 heavy (non-hydrogen) atoms. The number of ether oxygens (including phenoxy) is 2. The number of amides is 2. The number of alkyl halides is 3. The Kier molecular flexibility index (Phi) is 7.21. The number of benzene rings is 3. The van der Waals surface area contributed by atoms with Gasteiger partial charge in [0, 0.05) is 34.4 Å². The predicted molar refractivity (Wildman–Crippen MR) is 131 cm³/mol. The number of carbonyl (C=O) groups is 2. The van der Waals surface area contributed by atoms with E-state index in [2.05, 4.69) is 10.6 Å². The van der Waals surface area contributed by atoms with Crippen LogP contribution in [0.1, 0.15) is 56.3 Å². The van der Waals surface area contributed by atoms with Crippen LogP contribution in [0.15, 0.2) is 48.5 Å². The molecule has 0 aliphatic carbocycles. The van der Waals surface area contributed by atoms with Gasteiger partial charge in [-0.2, -0.15) is 13.2 Å². The van der Waals surface area contributed by atoms with Gasteiger partial charge in [0.05, 0.1) is 29.5 Å². The van der Waals surface area contributed by atoms with E-state index in [1.807, 2.05) is 0 Å². The highest BCUT2D eigenvalue weighted by Crippen LogP contribution is 2.42. The number of rotatable bonds is 5. The van der Waals surface area contributed by atoms with Gasteiger partial charge in [-0.05, 0) is 55.3 Å². The quantitative estimate of drug-likeness (QED) is 0.357. The van der Waals surface area contributed by atoms with Crippen LogP contribution in [0.5, 0.6) is 5.75 Å². The average molecular weight is 567 g/mol. The van der Waals surface area contributed by atoms with Crippen LogP contribution < -0.4 is 15.4 Å². The van der Waals surface area contributed by atoms with E-state index >= 15 is 0 Å². The van der Waals surface area contributed by atoms with E-state index in [1.54, 1.807) is 0 Å². The van der Waals surface area contributed by atoms with Gasteiger partial charge in [0.15, 0.2) is 0 Å². The molecule has 3 aromatic rings. The van der Waals surface area contributed by atoms with Gasteiger partial charge in [0.25, 0.3) is 11.8 Å². The van der Waals surface area contributed by atoms with Crippen molar-refractivity contribution in [2.75, 3.05) is 18.5 Å². The number of hydrogen-bond donors (Lipinski definition) is 2. The molecule has 0 bridgehead atoms. The van der Waals surface area contributed by atoms with Crippen molar-refractivity contribution in [3.63, 3.8) is 0 Å². The molecule has 3 aromatic carbocycles. The summed E-state index contributed by atoms with van der Waals surface area (Å²) in [6.45, 7) is 0.882. The Hall–Kier alpha value is -3.70. The van der Waals surface area contributed by atoms with Crippen LogP contribution in [0, 0.1) is 11.6 Å². The SMILES string of the molecule is O=C(Nc1cc(OC2CCCOC2)cc2c1C(c1cc(F)ccc1Cl)NC2=O)c1cc(F)cc(C(F)(F)F)c1. The molecule has 0 saturated carbocycles. The molecule has 2 atom stereocenters. The zero-order chi connectivity index (χ0) is 27.9. The van der Waals surface area contributed by atoms with Crippen molar-refractivity contribution >= 4 is 29.1 Å². The monoisotopic (exact) mass is 566 g/mol. The molecule has 2 amide bonds. The number of nitrogens with one attached hydrogen (secondary N) is 2. The summed E-state index contributed by atoms with van der Waals surface area (Å²) in [5, 5.41) is 5.31. The van der Waals surface area contributed by atoms with Crippen molar-refractivity contribution in [2.45, 2.75) is 31.2 Å². The van der Waals surface area contributed by atoms with Crippen LogP contribution in [0.25, 0.3) is 0 Å². The second kappa shape index (κ2) is 10.5. The van der Waals surface area contributed by atoms with Crippen LogP contribution >= 0.6 is 11.6 Å². The Labute approximate surface area is 224 Å². The fourth-order valence-corrected chi connectivity index (χ4v) is 4.85. The molecule has 2 heterocycles. The van der Waals surface area contributed by atoms with Gasteiger partial charge in [0.2, 0.25) is 0 Å². The van der Waals surface area contributed by atoms with Gasteiger partial charge in [-0.1, -0.05) is 11.6 Å². The van der Waals surface area contributed by atoms with E-state index in [9.17, 15) is 31.5 Å². The lowest BCUT2D eigenvalue weighted by Gasteiger charge is -2.24. The Morgan fingerprint density at radius 3 is 2.59 bits per heavy atom. The molecule has 12 heteroatoms. The van der Waals surface area contributed by atoms with E-state index in [-0.39, 0.29) is 45.3 Å². The van der Waals surface area contributed by atoms with E-state index in [1.165, 1.54) is 18.2 Å². The first-order valence-electron chi connectivity index (χ1n) is 11.9. The van der Waals surface area contributed by atoms with Crippen LogP contribution in [-0.4, -0.2) is 31.1 Å². The van der Waals surface area contributed by atoms with Crippen LogP contribution in [-0.2, 0) is 10.9 Å². The topological polar surface area (TPSA) is 76.7 Å². The van der Waals surface area contributed by atoms with E-state index in [4.69, 9.17) is 21.1 Å². The van der Waals surface area contributed by atoms with E-state index in [0.29, 0.717) is 31.8 Å². The fraction of sp³-hybridized carbons (Fsp3) is 0.259. The van der Waals surface area contributed by atoms with Gasteiger partial charge in [0.1, 0.15) is 23.5 Å². The standard InChI is InChI=1S/C27H20ClF5N2O4/c28-21-4-3-15(29)9-19(21)24-23-20(26(37)35-24)10-18(39-17-2-1-5-38-12-17)11-22(23)34-25(36)13-6-14(27(31,32)33)8-16(30)7-13/h3-4,6-11,17,24H,1-2,5,12H2,(H,34,36)(H,35,37). The molecule has 204 valence electrons. The lowest BCUT2D eigenvalue weighted by molar-refractivity contribution is -0.137. The van der Waals surface area contributed by atoms with Gasteiger partial charge in [-0.3, -0.25) is 9.59 Å². The zero-order valence-corrected chi connectivity index (χ0v) is 20.8. The highest BCUT2D eigenvalue weighted by Gasteiger charge is 2.36. The summed E-state index contributed by atoms with van der Waals surface area (Å²) in [5.41, 5.74) is -1.47. The summed E-state index contributed by atoms with van der Waals surface area (Å²) >= 11 is 6.29. The van der Waals surface area contributed by atoms with Gasteiger partial charge >= 0.3 is 6.18 Å². The largest absolute Gasteiger partial charge is 0.488 e. The lowest BCUT2D eigenvalue weighted by Crippen LogP contribution is -2.28. The van der Waals surface area contributed by atoms with Gasteiger partial charge in [-0.15, -0.1) is 0 Å². The summed E-state index contributed by atoms with van der Waals surface area (Å²) in [5.74, 6) is -3.32. The van der Waals surface area contributed by atoms with Crippen molar-refractivity contribution in [3.8, 4) is 5.75 Å². The molecule has 2 aliphatic heterocycles. The second-order valence-corrected chi connectivity index (χ2v) is 9.55. The normalized spacial score (nSPS) is 18.9.